The van der Waals surface area contributed by atoms with Crippen LogP contribution in [0.4, 0.5) is 5.82 Å². The smallest absolute Gasteiger partial charge is 0.358 e. The minimum absolute atomic E-state index is 0.225. The number of ether oxygens (including phenoxy) is 1. The maximum absolute atomic E-state index is 11.4. The van der Waals surface area contributed by atoms with Crippen LogP contribution in [0, 0.1) is 12.8 Å². The highest BCUT2D eigenvalue weighted by Gasteiger charge is 2.19. The molecule has 0 aliphatic carbocycles. The molecule has 1 aromatic carbocycles. The molecule has 1 N–H and O–H groups in total. The number of anilines is 1. The molecular weight excluding hydrogens is 328 g/mol. The van der Waals surface area contributed by atoms with Crippen LogP contribution in [-0.4, -0.2) is 47.8 Å². The zero-order valence-electron chi connectivity index (χ0n) is 15.4. The second kappa shape index (κ2) is 8.76. The van der Waals surface area contributed by atoms with Gasteiger partial charge in [-0.05, 0) is 56.5 Å². The first kappa shape index (κ1) is 18.3. The standard InChI is InChI=1S/C20H26N4O2/c1-15-3-5-17(6-4-15)14-24-11-9-16(10-12-24)13-21-19-8-7-18(22-23-19)20(25)26-2/h3-8,16H,9-14H2,1-2H3,(H,21,23). The molecule has 0 bridgehead atoms. The van der Waals surface area contributed by atoms with E-state index in [4.69, 9.17) is 0 Å². The summed E-state index contributed by atoms with van der Waals surface area (Å²) in [5, 5.41) is 11.2. The number of aromatic nitrogens is 2. The molecule has 1 fully saturated rings. The number of methoxy groups -OCH3 is 1. The number of benzene rings is 1. The maximum Gasteiger partial charge on any atom is 0.358 e. The van der Waals surface area contributed by atoms with Gasteiger partial charge in [0.2, 0.25) is 0 Å². The van der Waals surface area contributed by atoms with Gasteiger partial charge >= 0.3 is 5.97 Å². The predicted octanol–water partition coefficient (Wildman–Crippen LogP) is 2.90. The summed E-state index contributed by atoms with van der Waals surface area (Å²) in [7, 11) is 1.33. The molecule has 2 heterocycles. The molecule has 26 heavy (non-hydrogen) atoms. The SMILES string of the molecule is COC(=O)c1ccc(NCC2CCN(Cc3ccc(C)cc3)CC2)nn1. The van der Waals surface area contributed by atoms with Crippen LogP contribution in [0.5, 0.6) is 0 Å². The van der Waals surface area contributed by atoms with Crippen molar-refractivity contribution in [2.45, 2.75) is 26.3 Å². The number of nitrogens with one attached hydrogen (secondary N) is 1. The Hall–Kier alpha value is -2.47. The minimum atomic E-state index is -0.468. The van der Waals surface area contributed by atoms with Crippen molar-refractivity contribution in [2.24, 2.45) is 5.92 Å². The fraction of sp³-hybridized carbons (Fsp3) is 0.450. The third-order valence-electron chi connectivity index (χ3n) is 4.86. The zero-order valence-corrected chi connectivity index (χ0v) is 15.4. The molecule has 2 aromatic rings. The zero-order chi connectivity index (χ0) is 18.4. The van der Waals surface area contributed by atoms with Gasteiger partial charge in [0.25, 0.3) is 0 Å². The first-order valence-corrected chi connectivity index (χ1v) is 9.08. The van der Waals surface area contributed by atoms with Crippen LogP contribution < -0.4 is 5.32 Å². The molecule has 6 nitrogen and oxygen atoms in total. The normalized spacial score (nSPS) is 15.6. The number of aryl methyl sites for hydroxylation is 1. The molecule has 3 rings (SSSR count). The molecule has 1 saturated heterocycles. The molecule has 6 heteroatoms. The number of carbonyl (C=O) groups excluding carboxylic acids is 1. The summed E-state index contributed by atoms with van der Waals surface area (Å²) in [4.78, 5) is 13.9. The van der Waals surface area contributed by atoms with E-state index < -0.39 is 5.97 Å². The Labute approximate surface area is 154 Å². The minimum Gasteiger partial charge on any atom is -0.464 e. The van der Waals surface area contributed by atoms with E-state index in [1.54, 1.807) is 12.1 Å². The second-order valence-corrected chi connectivity index (χ2v) is 6.88. The third-order valence-corrected chi connectivity index (χ3v) is 4.86. The number of hydrogen-bond donors (Lipinski definition) is 1. The molecule has 0 radical (unpaired) electrons. The molecule has 1 aromatic heterocycles. The fourth-order valence-electron chi connectivity index (χ4n) is 3.19. The van der Waals surface area contributed by atoms with E-state index in [9.17, 15) is 4.79 Å². The number of esters is 1. The Morgan fingerprint density at radius 3 is 2.50 bits per heavy atom. The summed E-state index contributed by atoms with van der Waals surface area (Å²) in [5.41, 5.74) is 2.91. The molecule has 1 aliphatic rings. The Bertz CT molecular complexity index is 708. The first-order valence-electron chi connectivity index (χ1n) is 9.08. The van der Waals surface area contributed by atoms with Gasteiger partial charge in [-0.25, -0.2) is 4.79 Å². The molecule has 0 amide bonds. The third kappa shape index (κ3) is 5.02. The second-order valence-electron chi connectivity index (χ2n) is 6.88. The van der Waals surface area contributed by atoms with Gasteiger partial charge < -0.3 is 10.1 Å². The molecule has 1 aliphatic heterocycles. The summed E-state index contributed by atoms with van der Waals surface area (Å²) in [6.45, 7) is 6.27. The van der Waals surface area contributed by atoms with Crippen molar-refractivity contribution in [3.63, 3.8) is 0 Å². The summed E-state index contributed by atoms with van der Waals surface area (Å²) in [5.74, 6) is 0.857. The largest absolute Gasteiger partial charge is 0.464 e. The van der Waals surface area contributed by atoms with Crippen LogP contribution in [0.2, 0.25) is 0 Å². The molecule has 0 unspecified atom stereocenters. The summed E-state index contributed by atoms with van der Waals surface area (Å²) < 4.78 is 4.62. The van der Waals surface area contributed by atoms with Crippen LogP contribution in [0.25, 0.3) is 0 Å². The highest BCUT2D eigenvalue weighted by Crippen LogP contribution is 2.19. The Balaban J connectivity index is 1.41. The van der Waals surface area contributed by atoms with Gasteiger partial charge in [-0.1, -0.05) is 29.8 Å². The van der Waals surface area contributed by atoms with E-state index in [2.05, 4.69) is 56.3 Å². The van der Waals surface area contributed by atoms with Crippen molar-refractivity contribution in [1.29, 1.82) is 0 Å². The predicted molar refractivity (Wildman–Crippen MR) is 101 cm³/mol. The average molecular weight is 354 g/mol. The number of nitrogens with zero attached hydrogens (tertiary/aromatic N) is 3. The molecular formula is C20H26N4O2. The summed E-state index contributed by atoms with van der Waals surface area (Å²) in [6.07, 6.45) is 2.35. The molecule has 138 valence electrons. The van der Waals surface area contributed by atoms with Crippen molar-refractivity contribution < 1.29 is 9.53 Å². The van der Waals surface area contributed by atoms with Crippen molar-refractivity contribution in [2.75, 3.05) is 32.1 Å². The lowest BCUT2D eigenvalue weighted by Crippen LogP contribution is -2.35. The van der Waals surface area contributed by atoms with Crippen molar-refractivity contribution in [3.8, 4) is 0 Å². The van der Waals surface area contributed by atoms with Gasteiger partial charge in [-0.3, -0.25) is 4.90 Å². The Morgan fingerprint density at radius 2 is 1.88 bits per heavy atom. The summed E-state index contributed by atoms with van der Waals surface area (Å²) in [6, 6.07) is 12.2. The molecule has 0 saturated carbocycles. The van der Waals surface area contributed by atoms with E-state index in [1.807, 2.05) is 0 Å². The number of piperidine rings is 1. The molecule has 0 spiro atoms. The lowest BCUT2D eigenvalue weighted by atomic mass is 9.96. The van der Waals surface area contributed by atoms with Gasteiger partial charge in [0.05, 0.1) is 7.11 Å². The van der Waals surface area contributed by atoms with E-state index >= 15 is 0 Å². The topological polar surface area (TPSA) is 67.3 Å². The number of likely N-dealkylation sites (tertiary alicyclic amines) is 1. The number of rotatable bonds is 6. The van der Waals surface area contributed by atoms with Crippen molar-refractivity contribution in [3.05, 3.63) is 53.2 Å². The summed E-state index contributed by atoms with van der Waals surface area (Å²) >= 11 is 0. The number of hydrogen-bond acceptors (Lipinski definition) is 6. The first-order chi connectivity index (χ1) is 12.6. The lowest BCUT2D eigenvalue weighted by molar-refractivity contribution is 0.0593. The number of carbonyl (C=O) groups is 1. The van der Waals surface area contributed by atoms with Crippen LogP contribution in [0.15, 0.2) is 36.4 Å². The Kier molecular flexibility index (Phi) is 6.17. The Morgan fingerprint density at radius 1 is 1.15 bits per heavy atom. The van der Waals surface area contributed by atoms with Gasteiger partial charge in [0.1, 0.15) is 5.82 Å². The van der Waals surface area contributed by atoms with E-state index in [0.29, 0.717) is 11.7 Å². The highest BCUT2D eigenvalue weighted by atomic mass is 16.5. The van der Waals surface area contributed by atoms with Gasteiger partial charge in [-0.2, -0.15) is 0 Å². The maximum atomic E-state index is 11.4. The van der Waals surface area contributed by atoms with E-state index in [0.717, 1.165) is 26.2 Å². The fourth-order valence-corrected chi connectivity index (χ4v) is 3.19. The van der Waals surface area contributed by atoms with Crippen molar-refractivity contribution >= 4 is 11.8 Å². The van der Waals surface area contributed by atoms with Crippen LogP contribution in [-0.2, 0) is 11.3 Å². The van der Waals surface area contributed by atoms with E-state index in [-0.39, 0.29) is 5.69 Å². The van der Waals surface area contributed by atoms with Crippen LogP contribution in [0.1, 0.15) is 34.5 Å². The van der Waals surface area contributed by atoms with Gasteiger partial charge in [0.15, 0.2) is 5.69 Å². The average Bonchev–Trinajstić information content (AvgIpc) is 2.69. The molecule has 0 atom stereocenters. The quantitative estimate of drug-likeness (QED) is 0.805. The van der Waals surface area contributed by atoms with Gasteiger partial charge in [-0.15, -0.1) is 10.2 Å². The van der Waals surface area contributed by atoms with Crippen LogP contribution in [0.3, 0.4) is 0 Å². The van der Waals surface area contributed by atoms with E-state index in [1.165, 1.54) is 31.1 Å². The lowest BCUT2D eigenvalue weighted by Gasteiger charge is -2.32. The monoisotopic (exact) mass is 354 g/mol. The van der Waals surface area contributed by atoms with Crippen molar-refractivity contribution in [1.82, 2.24) is 15.1 Å². The highest BCUT2D eigenvalue weighted by molar-refractivity contribution is 5.86. The van der Waals surface area contributed by atoms with Crippen LogP contribution >= 0.6 is 0 Å². The van der Waals surface area contributed by atoms with Gasteiger partial charge in [0, 0.05) is 13.1 Å².